The number of aryl methyl sites for hydroxylation is 2. The van der Waals surface area contributed by atoms with Crippen molar-refractivity contribution < 1.29 is 14.3 Å². The van der Waals surface area contributed by atoms with Crippen LogP contribution in [0.3, 0.4) is 0 Å². The van der Waals surface area contributed by atoms with Crippen molar-refractivity contribution in [3.63, 3.8) is 0 Å². The second-order valence-corrected chi connectivity index (χ2v) is 7.19. The number of hydrogen-bond acceptors (Lipinski definition) is 4. The number of para-hydroxylation sites is 1. The number of ether oxygens (including phenoxy) is 1. The van der Waals surface area contributed by atoms with Crippen molar-refractivity contribution in [1.29, 1.82) is 0 Å². The maximum atomic E-state index is 12.2. The summed E-state index contributed by atoms with van der Waals surface area (Å²) in [4.78, 5) is 24.3. The SMILES string of the molecule is Cc1cccc(C)c1OCCC(=O)Nc1sccc1C(=O)NC1CC1. The lowest BCUT2D eigenvalue weighted by atomic mass is 10.1. The number of carbonyl (C=O) groups is 2. The number of benzene rings is 1. The Balaban J connectivity index is 1.51. The number of anilines is 1. The number of amides is 2. The molecule has 2 amide bonds. The first-order valence-corrected chi connectivity index (χ1v) is 9.30. The van der Waals surface area contributed by atoms with Crippen molar-refractivity contribution >= 4 is 28.2 Å². The highest BCUT2D eigenvalue weighted by molar-refractivity contribution is 7.14. The average molecular weight is 358 g/mol. The van der Waals surface area contributed by atoms with Crippen LogP contribution in [0.15, 0.2) is 29.6 Å². The van der Waals surface area contributed by atoms with E-state index in [0.717, 1.165) is 29.7 Å². The lowest BCUT2D eigenvalue weighted by Crippen LogP contribution is -2.26. The first-order valence-electron chi connectivity index (χ1n) is 8.42. The molecule has 0 bridgehead atoms. The quantitative estimate of drug-likeness (QED) is 0.794. The van der Waals surface area contributed by atoms with Gasteiger partial charge >= 0.3 is 0 Å². The van der Waals surface area contributed by atoms with Gasteiger partial charge in [-0.1, -0.05) is 18.2 Å². The van der Waals surface area contributed by atoms with E-state index in [0.29, 0.717) is 23.2 Å². The van der Waals surface area contributed by atoms with Gasteiger partial charge in [0.15, 0.2) is 0 Å². The molecule has 0 radical (unpaired) electrons. The molecule has 0 saturated heterocycles. The van der Waals surface area contributed by atoms with Crippen LogP contribution in [0.5, 0.6) is 5.75 Å². The van der Waals surface area contributed by atoms with Gasteiger partial charge in [-0.15, -0.1) is 11.3 Å². The van der Waals surface area contributed by atoms with Gasteiger partial charge in [-0.3, -0.25) is 9.59 Å². The Morgan fingerprint density at radius 1 is 1.20 bits per heavy atom. The van der Waals surface area contributed by atoms with Gasteiger partial charge in [0.05, 0.1) is 18.6 Å². The zero-order valence-corrected chi connectivity index (χ0v) is 15.2. The maximum Gasteiger partial charge on any atom is 0.254 e. The van der Waals surface area contributed by atoms with Crippen LogP contribution >= 0.6 is 11.3 Å². The van der Waals surface area contributed by atoms with Crippen molar-refractivity contribution in [2.45, 2.75) is 39.2 Å². The van der Waals surface area contributed by atoms with Gasteiger partial charge in [0.25, 0.3) is 5.91 Å². The standard InChI is InChI=1S/C19H22N2O3S/c1-12-4-3-5-13(2)17(12)24-10-8-16(22)21-19-15(9-11-25-19)18(23)20-14-6-7-14/h3-5,9,11,14H,6-8,10H2,1-2H3,(H,20,23)(H,21,22). The Bertz CT molecular complexity index is 760. The molecule has 1 fully saturated rings. The molecule has 0 unspecified atom stereocenters. The van der Waals surface area contributed by atoms with Crippen molar-refractivity contribution in [3.8, 4) is 5.75 Å². The van der Waals surface area contributed by atoms with Gasteiger partial charge in [0.2, 0.25) is 5.91 Å². The van der Waals surface area contributed by atoms with E-state index in [4.69, 9.17) is 4.74 Å². The molecule has 132 valence electrons. The van der Waals surface area contributed by atoms with Gasteiger partial charge in [-0.2, -0.15) is 0 Å². The van der Waals surface area contributed by atoms with E-state index in [1.165, 1.54) is 11.3 Å². The number of rotatable bonds is 7. The van der Waals surface area contributed by atoms with E-state index in [1.807, 2.05) is 37.4 Å². The molecule has 0 aliphatic heterocycles. The Morgan fingerprint density at radius 3 is 2.60 bits per heavy atom. The molecule has 1 aliphatic carbocycles. The van der Waals surface area contributed by atoms with E-state index >= 15 is 0 Å². The zero-order chi connectivity index (χ0) is 17.8. The monoisotopic (exact) mass is 358 g/mol. The minimum atomic E-state index is -0.158. The van der Waals surface area contributed by atoms with E-state index in [-0.39, 0.29) is 18.2 Å². The zero-order valence-electron chi connectivity index (χ0n) is 14.4. The number of thiophene rings is 1. The second-order valence-electron chi connectivity index (χ2n) is 6.28. The predicted molar refractivity (Wildman–Crippen MR) is 99.5 cm³/mol. The molecular weight excluding hydrogens is 336 g/mol. The third-order valence-electron chi connectivity index (χ3n) is 4.06. The number of hydrogen-bond donors (Lipinski definition) is 2. The second kappa shape index (κ2) is 7.70. The topological polar surface area (TPSA) is 67.4 Å². The first-order chi connectivity index (χ1) is 12.0. The summed E-state index contributed by atoms with van der Waals surface area (Å²) in [5, 5.41) is 8.16. The Hall–Kier alpha value is -2.34. The van der Waals surface area contributed by atoms with Crippen molar-refractivity contribution in [2.24, 2.45) is 0 Å². The van der Waals surface area contributed by atoms with Crippen LogP contribution < -0.4 is 15.4 Å². The lowest BCUT2D eigenvalue weighted by molar-refractivity contribution is -0.116. The molecule has 1 saturated carbocycles. The molecule has 2 N–H and O–H groups in total. The van der Waals surface area contributed by atoms with Crippen molar-refractivity contribution in [3.05, 3.63) is 46.3 Å². The Labute approximate surface area is 151 Å². The fraction of sp³-hybridized carbons (Fsp3) is 0.368. The van der Waals surface area contributed by atoms with Gasteiger partial charge in [0, 0.05) is 6.04 Å². The highest BCUT2D eigenvalue weighted by Gasteiger charge is 2.25. The highest BCUT2D eigenvalue weighted by Crippen LogP contribution is 2.26. The number of nitrogens with one attached hydrogen (secondary N) is 2. The molecule has 2 aromatic rings. The van der Waals surface area contributed by atoms with Crippen LogP contribution in [0, 0.1) is 13.8 Å². The summed E-state index contributed by atoms with van der Waals surface area (Å²) < 4.78 is 5.76. The lowest BCUT2D eigenvalue weighted by Gasteiger charge is -2.12. The minimum absolute atomic E-state index is 0.120. The van der Waals surface area contributed by atoms with Crippen molar-refractivity contribution in [2.75, 3.05) is 11.9 Å². The summed E-state index contributed by atoms with van der Waals surface area (Å²) in [5.41, 5.74) is 2.64. The molecule has 1 aromatic heterocycles. The third kappa shape index (κ3) is 4.60. The van der Waals surface area contributed by atoms with E-state index < -0.39 is 0 Å². The first kappa shape index (κ1) is 17.5. The van der Waals surface area contributed by atoms with Gasteiger partial charge in [-0.05, 0) is 49.3 Å². The van der Waals surface area contributed by atoms with E-state index in [9.17, 15) is 9.59 Å². The largest absolute Gasteiger partial charge is 0.493 e. The van der Waals surface area contributed by atoms with Crippen LogP contribution in [0.4, 0.5) is 5.00 Å². The fourth-order valence-electron chi connectivity index (χ4n) is 2.54. The third-order valence-corrected chi connectivity index (χ3v) is 4.89. The normalized spacial score (nSPS) is 13.4. The Morgan fingerprint density at radius 2 is 1.92 bits per heavy atom. The molecule has 1 heterocycles. The molecule has 6 heteroatoms. The fourth-order valence-corrected chi connectivity index (χ4v) is 3.34. The molecule has 1 aliphatic rings. The molecule has 1 aromatic carbocycles. The van der Waals surface area contributed by atoms with Crippen molar-refractivity contribution in [1.82, 2.24) is 5.32 Å². The molecular formula is C19H22N2O3S. The summed E-state index contributed by atoms with van der Waals surface area (Å²) in [7, 11) is 0. The summed E-state index contributed by atoms with van der Waals surface area (Å²) in [6, 6.07) is 7.99. The minimum Gasteiger partial charge on any atom is -0.493 e. The molecule has 0 atom stereocenters. The summed E-state index contributed by atoms with van der Waals surface area (Å²) in [6.07, 6.45) is 2.30. The maximum absolute atomic E-state index is 12.2. The van der Waals surface area contributed by atoms with Crippen LogP contribution in [-0.4, -0.2) is 24.5 Å². The summed E-state index contributed by atoms with van der Waals surface area (Å²) in [6.45, 7) is 4.27. The Kier molecular flexibility index (Phi) is 5.38. The van der Waals surface area contributed by atoms with E-state index in [1.54, 1.807) is 6.07 Å². The van der Waals surface area contributed by atoms with Crippen LogP contribution in [0.2, 0.25) is 0 Å². The predicted octanol–water partition coefficient (Wildman–Crippen LogP) is 3.66. The van der Waals surface area contributed by atoms with Gasteiger partial charge < -0.3 is 15.4 Å². The summed E-state index contributed by atoms with van der Waals surface area (Å²) >= 11 is 1.35. The number of carbonyl (C=O) groups excluding carboxylic acids is 2. The highest BCUT2D eigenvalue weighted by atomic mass is 32.1. The summed E-state index contributed by atoms with van der Waals surface area (Å²) in [5.74, 6) is 0.552. The molecule has 25 heavy (non-hydrogen) atoms. The van der Waals surface area contributed by atoms with Crippen LogP contribution in [-0.2, 0) is 4.79 Å². The van der Waals surface area contributed by atoms with Crippen LogP contribution in [0.1, 0.15) is 40.7 Å². The smallest absolute Gasteiger partial charge is 0.254 e. The van der Waals surface area contributed by atoms with Gasteiger partial charge in [0.1, 0.15) is 10.8 Å². The molecule has 3 rings (SSSR count). The van der Waals surface area contributed by atoms with Crippen LogP contribution in [0.25, 0.3) is 0 Å². The molecule has 5 nitrogen and oxygen atoms in total. The molecule has 0 spiro atoms. The van der Waals surface area contributed by atoms with Gasteiger partial charge in [-0.25, -0.2) is 0 Å². The van der Waals surface area contributed by atoms with E-state index in [2.05, 4.69) is 10.6 Å². The average Bonchev–Trinajstić information content (AvgIpc) is 3.26.